The van der Waals surface area contributed by atoms with Gasteiger partial charge in [0.05, 0.1) is 0 Å². The molecule has 2 N–H and O–H groups in total. The number of urea groups is 1. The van der Waals surface area contributed by atoms with Gasteiger partial charge in [0.2, 0.25) is 0 Å². The Balaban J connectivity index is 2.55. The first-order valence-electron chi connectivity index (χ1n) is 4.89. The van der Waals surface area contributed by atoms with Gasteiger partial charge in [0.15, 0.2) is 0 Å². The largest absolute Gasteiger partial charge is 0.330 e. The zero-order valence-electron chi connectivity index (χ0n) is 8.49. The Labute approximate surface area is 79.7 Å². The first-order valence-corrected chi connectivity index (χ1v) is 4.89. The van der Waals surface area contributed by atoms with Gasteiger partial charge in [0.25, 0.3) is 0 Å². The Morgan fingerprint density at radius 1 is 1.54 bits per heavy atom. The molecule has 1 heterocycles. The van der Waals surface area contributed by atoms with E-state index in [1.165, 1.54) is 0 Å². The third kappa shape index (κ3) is 2.34. The minimum absolute atomic E-state index is 0.145. The first kappa shape index (κ1) is 10.3. The number of carbonyl (C=O) groups is 1. The van der Waals surface area contributed by atoms with Gasteiger partial charge in [0, 0.05) is 32.6 Å². The summed E-state index contributed by atoms with van der Waals surface area (Å²) in [4.78, 5) is 15.2. The quantitative estimate of drug-likeness (QED) is 0.689. The lowest BCUT2D eigenvalue weighted by atomic mass is 10.1. The Bertz CT molecular complexity index is 184. The molecule has 1 saturated heterocycles. The normalized spacial score (nSPS) is 23.9. The minimum atomic E-state index is 0.145. The van der Waals surface area contributed by atoms with Crippen LogP contribution in [0.4, 0.5) is 4.79 Å². The monoisotopic (exact) mass is 185 g/mol. The number of nitrogens with zero attached hydrogens (tertiary/aromatic N) is 2. The molecule has 76 valence electrons. The molecule has 0 saturated carbocycles. The Hall–Kier alpha value is -0.770. The van der Waals surface area contributed by atoms with Crippen LogP contribution in [0.15, 0.2) is 0 Å². The van der Waals surface area contributed by atoms with Crippen molar-refractivity contribution >= 4 is 6.03 Å². The summed E-state index contributed by atoms with van der Waals surface area (Å²) in [7, 11) is 1.84. The smallest absolute Gasteiger partial charge is 0.319 e. The second-order valence-electron chi connectivity index (χ2n) is 3.71. The predicted octanol–water partition coefficient (Wildman–Crippen LogP) is 0.339. The van der Waals surface area contributed by atoms with Crippen molar-refractivity contribution in [2.75, 3.05) is 33.2 Å². The van der Waals surface area contributed by atoms with E-state index in [-0.39, 0.29) is 6.03 Å². The summed E-state index contributed by atoms with van der Waals surface area (Å²) in [5, 5.41) is 0. The summed E-state index contributed by atoms with van der Waals surface area (Å²) < 4.78 is 0. The van der Waals surface area contributed by atoms with Crippen molar-refractivity contribution in [1.29, 1.82) is 0 Å². The van der Waals surface area contributed by atoms with Crippen LogP contribution in [-0.4, -0.2) is 49.1 Å². The van der Waals surface area contributed by atoms with Crippen molar-refractivity contribution < 1.29 is 4.79 Å². The van der Waals surface area contributed by atoms with Crippen molar-refractivity contribution in [3.8, 4) is 0 Å². The molecule has 0 bridgehead atoms. The minimum Gasteiger partial charge on any atom is -0.330 e. The number of hydrogen-bond donors (Lipinski definition) is 1. The zero-order valence-corrected chi connectivity index (χ0v) is 8.49. The fourth-order valence-corrected chi connectivity index (χ4v) is 1.76. The van der Waals surface area contributed by atoms with Crippen LogP contribution in [0.25, 0.3) is 0 Å². The Morgan fingerprint density at radius 2 is 2.23 bits per heavy atom. The SMILES string of the molecule is CCCN1CC(CN)CN(C)C1=O. The molecule has 1 atom stereocenters. The van der Waals surface area contributed by atoms with Gasteiger partial charge in [-0.2, -0.15) is 0 Å². The molecule has 4 nitrogen and oxygen atoms in total. The third-order valence-corrected chi connectivity index (χ3v) is 2.43. The lowest BCUT2D eigenvalue weighted by Crippen LogP contribution is -2.53. The van der Waals surface area contributed by atoms with E-state index in [1.54, 1.807) is 4.90 Å². The molecule has 0 aromatic rings. The van der Waals surface area contributed by atoms with Gasteiger partial charge in [-0.15, -0.1) is 0 Å². The molecule has 4 heteroatoms. The molecule has 0 aliphatic carbocycles. The molecular formula is C9H19N3O. The van der Waals surface area contributed by atoms with Crippen LogP contribution < -0.4 is 5.73 Å². The highest BCUT2D eigenvalue weighted by molar-refractivity contribution is 5.74. The fraction of sp³-hybridized carbons (Fsp3) is 0.889. The highest BCUT2D eigenvalue weighted by Gasteiger charge is 2.27. The highest BCUT2D eigenvalue weighted by atomic mass is 16.2. The second kappa shape index (κ2) is 4.46. The molecule has 1 fully saturated rings. The number of rotatable bonds is 3. The summed E-state index contributed by atoms with van der Waals surface area (Å²) in [5.41, 5.74) is 5.60. The number of hydrogen-bond acceptors (Lipinski definition) is 2. The van der Waals surface area contributed by atoms with Gasteiger partial charge in [-0.3, -0.25) is 0 Å². The Kier molecular flexibility index (Phi) is 3.54. The number of carbonyl (C=O) groups excluding carboxylic acids is 1. The third-order valence-electron chi connectivity index (χ3n) is 2.43. The van der Waals surface area contributed by atoms with Crippen LogP contribution in [-0.2, 0) is 0 Å². The summed E-state index contributed by atoms with van der Waals surface area (Å²) in [6, 6.07) is 0.145. The highest BCUT2D eigenvalue weighted by Crippen LogP contribution is 2.12. The molecule has 1 unspecified atom stereocenters. The molecule has 2 amide bonds. The van der Waals surface area contributed by atoms with Crippen molar-refractivity contribution in [1.82, 2.24) is 9.80 Å². The van der Waals surface area contributed by atoms with E-state index in [0.717, 1.165) is 26.1 Å². The summed E-state index contributed by atoms with van der Waals surface area (Å²) >= 11 is 0. The van der Waals surface area contributed by atoms with E-state index in [0.29, 0.717) is 12.5 Å². The van der Waals surface area contributed by atoms with Gasteiger partial charge in [-0.05, 0) is 13.0 Å². The number of nitrogens with two attached hydrogens (primary N) is 1. The molecule has 0 aromatic heterocycles. The van der Waals surface area contributed by atoms with Crippen LogP contribution in [0.2, 0.25) is 0 Å². The summed E-state index contributed by atoms with van der Waals surface area (Å²) in [6.07, 6.45) is 1.01. The van der Waals surface area contributed by atoms with E-state index in [1.807, 2.05) is 11.9 Å². The fourth-order valence-electron chi connectivity index (χ4n) is 1.76. The Morgan fingerprint density at radius 3 is 2.77 bits per heavy atom. The maximum Gasteiger partial charge on any atom is 0.319 e. The van der Waals surface area contributed by atoms with Crippen molar-refractivity contribution in [3.05, 3.63) is 0 Å². The van der Waals surface area contributed by atoms with E-state index in [2.05, 4.69) is 6.92 Å². The average Bonchev–Trinajstić information content (AvgIpc) is 2.13. The summed E-state index contributed by atoms with van der Waals surface area (Å²) in [5.74, 6) is 0.439. The maximum absolute atomic E-state index is 11.6. The molecule has 13 heavy (non-hydrogen) atoms. The van der Waals surface area contributed by atoms with Gasteiger partial charge in [-0.1, -0.05) is 6.92 Å². The van der Waals surface area contributed by atoms with Gasteiger partial charge in [0.1, 0.15) is 0 Å². The maximum atomic E-state index is 11.6. The molecular weight excluding hydrogens is 166 g/mol. The second-order valence-corrected chi connectivity index (χ2v) is 3.71. The number of amides is 2. The van der Waals surface area contributed by atoms with Crippen molar-refractivity contribution in [3.63, 3.8) is 0 Å². The van der Waals surface area contributed by atoms with Crippen LogP contribution in [0, 0.1) is 5.92 Å². The van der Waals surface area contributed by atoms with Crippen molar-refractivity contribution in [2.24, 2.45) is 11.7 Å². The molecule has 1 aliphatic heterocycles. The van der Waals surface area contributed by atoms with Crippen LogP contribution in [0.3, 0.4) is 0 Å². The molecule has 0 spiro atoms. The van der Waals surface area contributed by atoms with E-state index < -0.39 is 0 Å². The lowest BCUT2D eigenvalue weighted by molar-refractivity contribution is 0.117. The average molecular weight is 185 g/mol. The van der Waals surface area contributed by atoms with E-state index >= 15 is 0 Å². The summed E-state index contributed by atoms with van der Waals surface area (Å²) in [6.45, 7) is 5.22. The molecule has 0 radical (unpaired) electrons. The van der Waals surface area contributed by atoms with Crippen LogP contribution in [0.1, 0.15) is 13.3 Å². The van der Waals surface area contributed by atoms with Gasteiger partial charge < -0.3 is 15.5 Å². The van der Waals surface area contributed by atoms with E-state index in [9.17, 15) is 4.79 Å². The molecule has 1 rings (SSSR count). The molecule has 0 aromatic carbocycles. The van der Waals surface area contributed by atoms with Gasteiger partial charge in [-0.25, -0.2) is 4.79 Å². The zero-order chi connectivity index (χ0) is 9.84. The standard InChI is InChI=1S/C9H19N3O/c1-3-4-12-7-8(5-10)6-11(2)9(12)13/h8H,3-7,10H2,1-2H3. The van der Waals surface area contributed by atoms with Crippen LogP contribution >= 0.6 is 0 Å². The van der Waals surface area contributed by atoms with Gasteiger partial charge >= 0.3 is 6.03 Å². The first-order chi connectivity index (χ1) is 6.19. The lowest BCUT2D eigenvalue weighted by Gasteiger charge is -2.37. The van der Waals surface area contributed by atoms with Crippen molar-refractivity contribution in [2.45, 2.75) is 13.3 Å². The topological polar surface area (TPSA) is 49.6 Å². The predicted molar refractivity (Wildman–Crippen MR) is 52.4 cm³/mol. The van der Waals surface area contributed by atoms with E-state index in [4.69, 9.17) is 5.73 Å². The molecule has 1 aliphatic rings. The van der Waals surface area contributed by atoms with Crippen LogP contribution in [0.5, 0.6) is 0 Å².